The molecule has 0 aromatic heterocycles. The number of amides is 2. The summed E-state index contributed by atoms with van der Waals surface area (Å²) in [7, 11) is -3.99. The quantitative estimate of drug-likeness (QED) is 0.480. The molecule has 1 aliphatic heterocycles. The van der Waals surface area contributed by atoms with Crippen LogP contribution in [-0.2, 0) is 9.84 Å². The molecule has 30 heavy (non-hydrogen) atoms. The molecule has 7 nitrogen and oxygen atoms in total. The number of ketones is 1. The first-order valence-electron chi connectivity index (χ1n) is 8.68. The molecule has 3 aromatic rings. The lowest BCUT2D eigenvalue weighted by molar-refractivity contribution is 0.0846. The molecule has 0 radical (unpaired) electrons. The predicted molar refractivity (Wildman–Crippen MR) is 103 cm³/mol. The minimum atomic E-state index is -3.99. The van der Waals surface area contributed by atoms with Crippen LogP contribution >= 0.6 is 0 Å². The van der Waals surface area contributed by atoms with Crippen molar-refractivity contribution in [1.82, 2.24) is 10.9 Å². The second-order valence-electron chi connectivity index (χ2n) is 6.45. The zero-order chi connectivity index (χ0) is 21.5. The number of carbonyl (C=O) groups is 3. The summed E-state index contributed by atoms with van der Waals surface area (Å²) in [5.41, 5.74) is 4.43. The lowest BCUT2D eigenvalue weighted by Crippen LogP contribution is -2.41. The Labute approximate surface area is 170 Å². The standard InChI is InChI=1S/C21H13FN2O5S/c22-14-8-5-12(6-9-14)20(26)23-24-21(27)13-7-10-16-18(11-13)30(28,29)17-4-2-1-3-15(17)19(16)25/h1-11H,(H,23,26)(H,24,27). The summed E-state index contributed by atoms with van der Waals surface area (Å²) in [4.78, 5) is 36.6. The predicted octanol–water partition coefficient (Wildman–Crippen LogP) is 2.28. The van der Waals surface area contributed by atoms with Crippen molar-refractivity contribution in [3.8, 4) is 0 Å². The van der Waals surface area contributed by atoms with Gasteiger partial charge < -0.3 is 0 Å². The number of hydrazine groups is 1. The van der Waals surface area contributed by atoms with E-state index < -0.39 is 33.3 Å². The van der Waals surface area contributed by atoms with Crippen molar-refractivity contribution in [2.45, 2.75) is 9.79 Å². The van der Waals surface area contributed by atoms with Crippen LogP contribution in [0.5, 0.6) is 0 Å². The molecule has 0 aliphatic carbocycles. The second kappa shape index (κ2) is 7.20. The van der Waals surface area contributed by atoms with Crippen molar-refractivity contribution >= 4 is 27.4 Å². The fraction of sp³-hybridized carbons (Fsp3) is 0. The molecule has 0 saturated heterocycles. The average Bonchev–Trinajstić information content (AvgIpc) is 2.76. The van der Waals surface area contributed by atoms with E-state index in [0.717, 1.165) is 18.2 Å². The van der Waals surface area contributed by atoms with Crippen molar-refractivity contribution in [1.29, 1.82) is 0 Å². The molecule has 9 heteroatoms. The van der Waals surface area contributed by atoms with E-state index in [2.05, 4.69) is 10.9 Å². The van der Waals surface area contributed by atoms with Crippen molar-refractivity contribution in [2.75, 3.05) is 0 Å². The highest BCUT2D eigenvalue weighted by Gasteiger charge is 2.35. The van der Waals surface area contributed by atoms with Crippen LogP contribution in [0.1, 0.15) is 36.6 Å². The molecule has 2 N–H and O–H groups in total. The summed E-state index contributed by atoms with van der Waals surface area (Å²) >= 11 is 0. The van der Waals surface area contributed by atoms with Crippen LogP contribution in [0.25, 0.3) is 0 Å². The zero-order valence-electron chi connectivity index (χ0n) is 15.2. The van der Waals surface area contributed by atoms with Gasteiger partial charge in [0.05, 0.1) is 9.79 Å². The molecule has 0 spiro atoms. The Morgan fingerprint density at radius 3 is 2.00 bits per heavy atom. The Balaban J connectivity index is 1.59. The number of fused-ring (bicyclic) bond motifs is 2. The van der Waals surface area contributed by atoms with Crippen molar-refractivity contribution in [3.05, 3.63) is 94.8 Å². The number of nitrogens with one attached hydrogen (secondary N) is 2. The highest BCUT2D eigenvalue weighted by molar-refractivity contribution is 7.91. The van der Waals surface area contributed by atoms with E-state index in [-0.39, 0.29) is 32.0 Å². The molecule has 2 amide bonds. The lowest BCUT2D eigenvalue weighted by Gasteiger charge is -2.19. The summed E-state index contributed by atoms with van der Waals surface area (Å²) in [5, 5.41) is 0. The number of carbonyl (C=O) groups excluding carboxylic acids is 3. The van der Waals surface area contributed by atoms with E-state index in [4.69, 9.17) is 0 Å². The maximum Gasteiger partial charge on any atom is 0.269 e. The summed E-state index contributed by atoms with van der Waals surface area (Å²) in [6.07, 6.45) is 0. The largest absolute Gasteiger partial charge is 0.289 e. The minimum absolute atomic E-state index is 0.0272. The molecule has 0 saturated carbocycles. The summed E-state index contributed by atoms with van der Waals surface area (Å²) in [6.45, 7) is 0. The highest BCUT2D eigenvalue weighted by atomic mass is 32.2. The summed E-state index contributed by atoms with van der Waals surface area (Å²) in [5.74, 6) is -2.43. The van der Waals surface area contributed by atoms with Crippen molar-refractivity contribution < 1.29 is 27.2 Å². The Morgan fingerprint density at radius 2 is 1.30 bits per heavy atom. The van der Waals surface area contributed by atoms with Gasteiger partial charge in [-0.25, -0.2) is 12.8 Å². The van der Waals surface area contributed by atoms with Crippen LogP contribution in [0.15, 0.2) is 76.5 Å². The SMILES string of the molecule is O=C(NNC(=O)c1ccc2c(c1)S(=O)(=O)c1ccccc1C2=O)c1ccc(F)cc1. The molecule has 0 atom stereocenters. The first-order valence-corrected chi connectivity index (χ1v) is 10.2. The molecule has 0 bridgehead atoms. The smallest absolute Gasteiger partial charge is 0.269 e. The molecule has 150 valence electrons. The Kier molecular flexibility index (Phi) is 4.67. The van der Waals surface area contributed by atoms with Gasteiger partial charge in [-0.1, -0.05) is 12.1 Å². The van der Waals surface area contributed by atoms with E-state index in [9.17, 15) is 27.2 Å². The van der Waals surface area contributed by atoms with Gasteiger partial charge >= 0.3 is 0 Å². The topological polar surface area (TPSA) is 109 Å². The molecule has 4 rings (SSSR count). The van der Waals surface area contributed by atoms with Gasteiger partial charge in [0.1, 0.15) is 5.82 Å². The molecule has 0 unspecified atom stereocenters. The molecule has 0 fully saturated rings. The maximum absolute atomic E-state index is 12.9. The Morgan fingerprint density at radius 1 is 0.733 bits per heavy atom. The van der Waals surface area contributed by atoms with E-state index in [0.29, 0.717) is 0 Å². The minimum Gasteiger partial charge on any atom is -0.289 e. The first-order chi connectivity index (χ1) is 14.3. The summed E-state index contributed by atoms with van der Waals surface area (Å²) in [6, 6.07) is 14.2. The third kappa shape index (κ3) is 3.25. The van der Waals surface area contributed by atoms with Gasteiger partial charge in [-0.3, -0.25) is 25.2 Å². The van der Waals surface area contributed by atoms with Gasteiger partial charge in [0, 0.05) is 22.3 Å². The van der Waals surface area contributed by atoms with E-state index in [1.165, 1.54) is 42.5 Å². The van der Waals surface area contributed by atoms with Crippen LogP contribution in [0.4, 0.5) is 4.39 Å². The Bertz CT molecular complexity index is 1320. The van der Waals surface area contributed by atoms with Gasteiger partial charge in [0.2, 0.25) is 9.84 Å². The molecular formula is C21H13FN2O5S. The fourth-order valence-electron chi connectivity index (χ4n) is 3.08. The van der Waals surface area contributed by atoms with Gasteiger partial charge in [0.25, 0.3) is 11.8 Å². The zero-order valence-corrected chi connectivity index (χ0v) is 16.0. The fourth-order valence-corrected chi connectivity index (χ4v) is 4.76. The van der Waals surface area contributed by atoms with Crippen LogP contribution in [0.3, 0.4) is 0 Å². The number of hydrogen-bond donors (Lipinski definition) is 2. The number of hydrogen-bond acceptors (Lipinski definition) is 5. The van der Waals surface area contributed by atoms with Crippen molar-refractivity contribution in [2.24, 2.45) is 0 Å². The van der Waals surface area contributed by atoms with Crippen LogP contribution in [0, 0.1) is 5.82 Å². The number of rotatable bonds is 2. The maximum atomic E-state index is 12.9. The van der Waals surface area contributed by atoms with E-state index in [1.54, 1.807) is 6.07 Å². The number of sulfone groups is 1. The number of benzene rings is 3. The molecule has 1 heterocycles. The van der Waals surface area contributed by atoms with Gasteiger partial charge in [-0.05, 0) is 54.6 Å². The van der Waals surface area contributed by atoms with E-state index >= 15 is 0 Å². The molecule has 3 aromatic carbocycles. The highest BCUT2D eigenvalue weighted by Crippen LogP contribution is 2.34. The van der Waals surface area contributed by atoms with Crippen LogP contribution in [-0.4, -0.2) is 26.0 Å². The molecule has 1 aliphatic rings. The third-order valence-corrected chi connectivity index (χ3v) is 6.45. The summed E-state index contributed by atoms with van der Waals surface area (Å²) < 4.78 is 38.8. The van der Waals surface area contributed by atoms with Crippen LogP contribution < -0.4 is 10.9 Å². The average molecular weight is 424 g/mol. The van der Waals surface area contributed by atoms with E-state index in [1.807, 2.05) is 0 Å². The first kappa shape index (κ1) is 19.5. The normalized spacial score (nSPS) is 13.7. The third-order valence-electron chi connectivity index (χ3n) is 4.60. The van der Waals surface area contributed by atoms with Crippen LogP contribution in [0.2, 0.25) is 0 Å². The van der Waals surface area contributed by atoms with Crippen molar-refractivity contribution in [3.63, 3.8) is 0 Å². The van der Waals surface area contributed by atoms with Gasteiger partial charge in [-0.2, -0.15) is 0 Å². The monoisotopic (exact) mass is 424 g/mol. The Hall–Kier alpha value is -3.85. The molecular weight excluding hydrogens is 411 g/mol. The van der Waals surface area contributed by atoms with Gasteiger partial charge in [-0.15, -0.1) is 0 Å². The number of halogens is 1. The second-order valence-corrected chi connectivity index (χ2v) is 8.34. The van der Waals surface area contributed by atoms with Gasteiger partial charge in [0.15, 0.2) is 5.78 Å². The lowest BCUT2D eigenvalue weighted by atomic mass is 10.0.